The molecule has 3 heterocycles. The third-order valence-corrected chi connectivity index (χ3v) is 4.28. The summed E-state index contributed by atoms with van der Waals surface area (Å²) in [6.07, 6.45) is 1.78. The van der Waals surface area contributed by atoms with Gasteiger partial charge in [0.25, 0.3) is 0 Å². The van der Waals surface area contributed by atoms with Gasteiger partial charge in [0.1, 0.15) is 18.8 Å². The minimum atomic E-state index is -0.162. The summed E-state index contributed by atoms with van der Waals surface area (Å²) >= 11 is 0. The quantitative estimate of drug-likeness (QED) is 0.546. The molecule has 26 heavy (non-hydrogen) atoms. The number of aliphatic hydroxyl groups is 1. The summed E-state index contributed by atoms with van der Waals surface area (Å²) in [5.41, 5.74) is 3.33. The largest absolute Gasteiger partial charge is 0.388 e. The zero-order valence-electron chi connectivity index (χ0n) is 14.0. The normalized spacial score (nSPS) is 11.3. The van der Waals surface area contributed by atoms with Crippen LogP contribution in [0, 0.1) is 0 Å². The highest BCUT2D eigenvalue weighted by molar-refractivity contribution is 5.78. The summed E-state index contributed by atoms with van der Waals surface area (Å²) < 4.78 is 3.58. The zero-order valence-corrected chi connectivity index (χ0v) is 14.0. The number of carbonyl (C=O) groups excluding carboxylic acids is 1. The number of rotatable bonds is 6. The number of benzene rings is 1. The molecule has 3 aromatic heterocycles. The van der Waals surface area contributed by atoms with Crippen molar-refractivity contribution in [2.24, 2.45) is 0 Å². The number of aliphatic hydroxyl groups excluding tert-OH is 1. The molecule has 4 rings (SSSR count). The number of para-hydroxylation sites is 2. The molecule has 0 radical (unpaired) electrons. The minimum Gasteiger partial charge on any atom is -0.388 e. The van der Waals surface area contributed by atoms with Crippen LogP contribution in [0.3, 0.4) is 0 Å². The summed E-state index contributed by atoms with van der Waals surface area (Å²) in [4.78, 5) is 20.8. The number of pyridine rings is 1. The summed E-state index contributed by atoms with van der Waals surface area (Å²) in [7, 11) is 0. The molecule has 4 aromatic rings. The third kappa shape index (κ3) is 3.02. The Bertz CT molecular complexity index is 1070. The number of amides is 1. The zero-order chi connectivity index (χ0) is 17.9. The van der Waals surface area contributed by atoms with Crippen molar-refractivity contribution in [3.8, 4) is 0 Å². The molecular formula is C18H18N6O2. The van der Waals surface area contributed by atoms with Crippen LogP contribution in [0.4, 0.5) is 0 Å². The van der Waals surface area contributed by atoms with Crippen molar-refractivity contribution in [2.75, 3.05) is 0 Å². The minimum absolute atomic E-state index is 0.0798. The maximum Gasteiger partial charge on any atom is 0.222 e. The lowest BCUT2D eigenvalue weighted by atomic mass is 10.3. The molecule has 0 bridgehead atoms. The SMILES string of the molecule is O=C(CCn1c(CO)nc2ccccc21)NCc1cccc2ncnn12. The highest BCUT2D eigenvalue weighted by Crippen LogP contribution is 2.16. The van der Waals surface area contributed by atoms with Crippen LogP contribution in [0.1, 0.15) is 17.9 Å². The fourth-order valence-corrected chi connectivity index (χ4v) is 3.02. The summed E-state index contributed by atoms with van der Waals surface area (Å²) in [6.45, 7) is 0.664. The van der Waals surface area contributed by atoms with Gasteiger partial charge in [0.05, 0.1) is 23.3 Å². The van der Waals surface area contributed by atoms with Gasteiger partial charge in [-0.05, 0) is 24.3 Å². The highest BCUT2D eigenvalue weighted by Gasteiger charge is 2.11. The van der Waals surface area contributed by atoms with E-state index in [2.05, 4.69) is 20.4 Å². The van der Waals surface area contributed by atoms with Crippen molar-refractivity contribution in [2.45, 2.75) is 26.1 Å². The Balaban J connectivity index is 1.42. The van der Waals surface area contributed by atoms with Gasteiger partial charge in [0, 0.05) is 13.0 Å². The van der Waals surface area contributed by atoms with Gasteiger partial charge < -0.3 is 15.0 Å². The first-order chi connectivity index (χ1) is 12.8. The molecular weight excluding hydrogens is 332 g/mol. The molecule has 0 fully saturated rings. The van der Waals surface area contributed by atoms with Crippen molar-refractivity contribution in [1.29, 1.82) is 0 Å². The number of hydrogen-bond donors (Lipinski definition) is 2. The van der Waals surface area contributed by atoms with Crippen LogP contribution in [0.5, 0.6) is 0 Å². The molecule has 0 spiro atoms. The molecule has 132 valence electrons. The highest BCUT2D eigenvalue weighted by atomic mass is 16.3. The lowest BCUT2D eigenvalue weighted by Gasteiger charge is -2.09. The van der Waals surface area contributed by atoms with Crippen molar-refractivity contribution in [3.05, 3.63) is 60.3 Å². The Morgan fingerprint density at radius 1 is 1.15 bits per heavy atom. The average molecular weight is 350 g/mol. The van der Waals surface area contributed by atoms with E-state index in [9.17, 15) is 9.90 Å². The fraction of sp³-hybridized carbons (Fsp3) is 0.222. The molecule has 0 aliphatic carbocycles. The Hall–Kier alpha value is -3.26. The summed E-state index contributed by atoms with van der Waals surface area (Å²) in [5, 5.41) is 16.6. The second-order valence-electron chi connectivity index (χ2n) is 5.90. The molecule has 8 nitrogen and oxygen atoms in total. The molecule has 0 aliphatic heterocycles. The molecule has 2 N–H and O–H groups in total. The molecule has 1 amide bonds. The van der Waals surface area contributed by atoms with E-state index >= 15 is 0 Å². The number of aromatic nitrogens is 5. The van der Waals surface area contributed by atoms with Crippen LogP contribution < -0.4 is 5.32 Å². The number of hydrogen-bond acceptors (Lipinski definition) is 5. The van der Waals surface area contributed by atoms with E-state index in [4.69, 9.17) is 0 Å². The molecule has 0 saturated heterocycles. The van der Waals surface area contributed by atoms with Crippen LogP contribution in [-0.2, 0) is 24.5 Å². The molecule has 0 saturated carbocycles. The summed E-state index contributed by atoms with van der Waals surface area (Å²) in [6, 6.07) is 13.3. The van der Waals surface area contributed by atoms with Gasteiger partial charge in [-0.25, -0.2) is 14.5 Å². The van der Waals surface area contributed by atoms with E-state index in [1.807, 2.05) is 47.0 Å². The lowest BCUT2D eigenvalue weighted by molar-refractivity contribution is -0.121. The van der Waals surface area contributed by atoms with Gasteiger partial charge in [-0.15, -0.1) is 0 Å². The predicted molar refractivity (Wildman–Crippen MR) is 95.1 cm³/mol. The van der Waals surface area contributed by atoms with Crippen LogP contribution in [0.2, 0.25) is 0 Å². The van der Waals surface area contributed by atoms with Crippen LogP contribution in [0.25, 0.3) is 16.7 Å². The van der Waals surface area contributed by atoms with Crippen molar-refractivity contribution >= 4 is 22.6 Å². The number of fused-ring (bicyclic) bond motifs is 2. The smallest absolute Gasteiger partial charge is 0.222 e. The summed E-state index contributed by atoms with van der Waals surface area (Å²) in [5.74, 6) is 0.482. The number of imidazole rings is 1. The van der Waals surface area contributed by atoms with Gasteiger partial charge >= 0.3 is 0 Å². The Morgan fingerprint density at radius 2 is 2.04 bits per heavy atom. The maximum absolute atomic E-state index is 12.3. The number of aryl methyl sites for hydroxylation is 1. The van der Waals surface area contributed by atoms with E-state index in [0.29, 0.717) is 25.3 Å². The molecule has 1 aromatic carbocycles. The van der Waals surface area contributed by atoms with E-state index in [1.54, 1.807) is 4.52 Å². The first kappa shape index (κ1) is 16.2. The molecule has 8 heteroatoms. The van der Waals surface area contributed by atoms with Gasteiger partial charge in [-0.2, -0.15) is 5.10 Å². The third-order valence-electron chi connectivity index (χ3n) is 4.28. The molecule has 0 atom stereocenters. The number of nitrogens with zero attached hydrogens (tertiary/aromatic N) is 5. The lowest BCUT2D eigenvalue weighted by Crippen LogP contribution is -2.25. The Morgan fingerprint density at radius 3 is 2.92 bits per heavy atom. The fourth-order valence-electron chi connectivity index (χ4n) is 3.02. The van der Waals surface area contributed by atoms with Gasteiger partial charge in [0.2, 0.25) is 5.91 Å². The number of carbonyl (C=O) groups is 1. The first-order valence-electron chi connectivity index (χ1n) is 8.35. The molecule has 0 aliphatic rings. The van der Waals surface area contributed by atoms with E-state index in [0.717, 1.165) is 22.4 Å². The van der Waals surface area contributed by atoms with Gasteiger partial charge in [0.15, 0.2) is 5.65 Å². The standard InChI is InChI=1S/C18H18N6O2/c25-11-17-22-14-5-1-2-6-15(14)23(17)9-8-18(26)19-10-13-4-3-7-16-20-12-21-24(13)16/h1-7,12,25H,8-11H2,(H,19,26). The van der Waals surface area contributed by atoms with Crippen LogP contribution in [0.15, 0.2) is 48.8 Å². The van der Waals surface area contributed by atoms with Crippen LogP contribution in [-0.4, -0.2) is 35.2 Å². The van der Waals surface area contributed by atoms with E-state index < -0.39 is 0 Å². The van der Waals surface area contributed by atoms with Crippen molar-refractivity contribution in [3.63, 3.8) is 0 Å². The average Bonchev–Trinajstić information content (AvgIpc) is 3.29. The topological polar surface area (TPSA) is 97.3 Å². The monoisotopic (exact) mass is 350 g/mol. The van der Waals surface area contributed by atoms with Crippen LogP contribution >= 0.6 is 0 Å². The number of nitrogens with one attached hydrogen (secondary N) is 1. The predicted octanol–water partition coefficient (Wildman–Crippen LogP) is 1.28. The van der Waals surface area contributed by atoms with Crippen molar-refractivity contribution in [1.82, 2.24) is 29.5 Å². The first-order valence-corrected chi connectivity index (χ1v) is 8.35. The van der Waals surface area contributed by atoms with E-state index in [-0.39, 0.29) is 12.5 Å². The van der Waals surface area contributed by atoms with Crippen molar-refractivity contribution < 1.29 is 9.90 Å². The molecule has 0 unspecified atom stereocenters. The Labute approximate surface area is 149 Å². The maximum atomic E-state index is 12.3. The second kappa shape index (κ2) is 6.93. The second-order valence-corrected chi connectivity index (χ2v) is 5.90. The van der Waals surface area contributed by atoms with Gasteiger partial charge in [-0.1, -0.05) is 18.2 Å². The Kier molecular flexibility index (Phi) is 4.32. The van der Waals surface area contributed by atoms with E-state index in [1.165, 1.54) is 6.33 Å². The van der Waals surface area contributed by atoms with Gasteiger partial charge in [-0.3, -0.25) is 4.79 Å².